The Bertz CT molecular complexity index is 728. The van der Waals surface area contributed by atoms with E-state index in [2.05, 4.69) is 35.8 Å². The number of ketones is 1. The van der Waals surface area contributed by atoms with Crippen LogP contribution in [0.1, 0.15) is 39.2 Å². The summed E-state index contributed by atoms with van der Waals surface area (Å²) >= 11 is 3.62. The third-order valence-electron chi connectivity index (χ3n) is 7.23. The molecule has 2 fully saturated rings. The molecule has 4 heteroatoms. The van der Waals surface area contributed by atoms with E-state index in [9.17, 15) is 9.59 Å². The number of carbonyl (C=O) groups excluding carboxylic acids is 2. The van der Waals surface area contributed by atoms with E-state index in [1.165, 1.54) is 5.56 Å². The number of benzene rings is 1. The smallest absolute Gasteiger partial charge is 0.235 e. The van der Waals surface area contributed by atoms with Gasteiger partial charge in [0.15, 0.2) is 5.78 Å². The summed E-state index contributed by atoms with van der Waals surface area (Å²) in [7, 11) is 0. The van der Waals surface area contributed by atoms with E-state index in [0.29, 0.717) is 0 Å². The number of alkyl halides is 1. The number of amides is 1. The molecule has 23 heavy (non-hydrogen) atoms. The fourth-order valence-corrected chi connectivity index (χ4v) is 6.72. The number of halogens is 1. The molecule has 1 heterocycles. The van der Waals surface area contributed by atoms with Gasteiger partial charge in [0.1, 0.15) is 0 Å². The first-order valence-electron chi connectivity index (χ1n) is 8.36. The van der Waals surface area contributed by atoms with Crippen molar-refractivity contribution >= 4 is 33.3 Å². The van der Waals surface area contributed by atoms with Gasteiger partial charge in [-0.1, -0.05) is 54.9 Å². The highest BCUT2D eigenvalue weighted by Crippen LogP contribution is 2.72. The highest BCUT2D eigenvalue weighted by atomic mass is 79.9. The largest absolute Gasteiger partial charge is 0.311 e. The van der Waals surface area contributed by atoms with Crippen LogP contribution < -0.4 is 4.90 Å². The van der Waals surface area contributed by atoms with Crippen LogP contribution in [0.25, 0.3) is 0 Å². The van der Waals surface area contributed by atoms with Gasteiger partial charge in [-0.3, -0.25) is 9.59 Å². The van der Waals surface area contributed by atoms with Crippen molar-refractivity contribution in [2.75, 3.05) is 11.4 Å². The zero-order valence-electron chi connectivity index (χ0n) is 13.9. The number of para-hydroxylation sites is 1. The van der Waals surface area contributed by atoms with E-state index in [1.54, 1.807) is 0 Å². The van der Waals surface area contributed by atoms with E-state index >= 15 is 0 Å². The summed E-state index contributed by atoms with van der Waals surface area (Å²) in [4.78, 5) is 28.1. The van der Waals surface area contributed by atoms with Gasteiger partial charge in [-0.25, -0.2) is 0 Å². The van der Waals surface area contributed by atoms with E-state index in [1.807, 2.05) is 30.0 Å². The highest BCUT2D eigenvalue weighted by Gasteiger charge is 2.77. The molecule has 0 N–H and O–H groups in total. The average Bonchev–Trinajstić information content (AvgIpc) is 3.07. The number of hydrogen-bond donors (Lipinski definition) is 0. The number of anilines is 1. The van der Waals surface area contributed by atoms with Crippen LogP contribution in [-0.4, -0.2) is 23.1 Å². The third-order valence-corrected chi connectivity index (χ3v) is 8.43. The number of rotatable bonds is 1. The molecule has 1 aliphatic heterocycles. The lowest BCUT2D eigenvalue weighted by Crippen LogP contribution is -2.52. The Balaban J connectivity index is 1.82. The maximum atomic E-state index is 13.6. The van der Waals surface area contributed by atoms with Crippen LogP contribution in [0.15, 0.2) is 24.3 Å². The molecule has 3 nitrogen and oxygen atoms in total. The number of fused-ring (bicyclic) bond motifs is 3. The molecule has 0 saturated heterocycles. The van der Waals surface area contributed by atoms with E-state index in [0.717, 1.165) is 31.5 Å². The van der Waals surface area contributed by atoms with Crippen LogP contribution in [-0.2, 0) is 16.0 Å². The summed E-state index contributed by atoms with van der Waals surface area (Å²) in [5.41, 5.74) is 0.883. The van der Waals surface area contributed by atoms with Gasteiger partial charge in [-0.15, -0.1) is 0 Å². The normalized spacial score (nSPS) is 37.3. The molecule has 1 aromatic rings. The lowest BCUT2D eigenvalue weighted by atomic mass is 9.64. The van der Waals surface area contributed by atoms with Gasteiger partial charge >= 0.3 is 0 Å². The Labute approximate surface area is 145 Å². The van der Waals surface area contributed by atoms with Gasteiger partial charge in [-0.2, -0.15) is 0 Å². The van der Waals surface area contributed by atoms with Gasteiger partial charge in [0, 0.05) is 17.6 Å². The van der Waals surface area contributed by atoms with Crippen molar-refractivity contribution in [2.24, 2.45) is 16.2 Å². The molecule has 3 aliphatic rings. The van der Waals surface area contributed by atoms with Crippen LogP contribution in [0.3, 0.4) is 0 Å². The van der Waals surface area contributed by atoms with Crippen LogP contribution in [0.4, 0.5) is 5.69 Å². The van der Waals surface area contributed by atoms with Crippen LogP contribution in [0.2, 0.25) is 0 Å². The average molecular weight is 376 g/mol. The number of nitrogens with zero attached hydrogens (tertiary/aromatic N) is 1. The Kier molecular flexibility index (Phi) is 2.99. The number of carbonyl (C=O) groups is 2. The standard InChI is InChI=1S/C19H22BrNO2/c1-17(2)18(3)9-10-19(17,14(20)15(18)22)16(23)21-11-8-12-6-4-5-7-13(12)21/h4-7,14H,8-11H2,1-3H3/t14-,18+,19-/m0/s1. The zero-order valence-corrected chi connectivity index (χ0v) is 15.4. The SMILES string of the molecule is CC1(C)[C@]2(C)CC[C@@]1(C(=O)N1CCc3ccccc31)[C@@H](Br)C2=O. The number of hydrogen-bond acceptors (Lipinski definition) is 2. The molecule has 4 rings (SSSR count). The maximum Gasteiger partial charge on any atom is 0.235 e. The van der Waals surface area contributed by atoms with Crippen molar-refractivity contribution in [3.05, 3.63) is 29.8 Å². The molecule has 0 aromatic heterocycles. The third kappa shape index (κ3) is 1.52. The second-order valence-electron chi connectivity index (χ2n) is 7.99. The van der Waals surface area contributed by atoms with Crippen molar-refractivity contribution in [1.82, 2.24) is 0 Å². The lowest BCUT2D eigenvalue weighted by Gasteiger charge is -2.42. The first-order chi connectivity index (χ1) is 10.8. The predicted molar refractivity (Wildman–Crippen MR) is 93.8 cm³/mol. The van der Waals surface area contributed by atoms with Crippen molar-refractivity contribution < 1.29 is 9.59 Å². The summed E-state index contributed by atoms with van der Waals surface area (Å²) in [5, 5.41) is 0. The first kappa shape index (κ1) is 15.4. The van der Waals surface area contributed by atoms with Gasteiger partial charge in [-0.05, 0) is 36.3 Å². The monoisotopic (exact) mass is 375 g/mol. The van der Waals surface area contributed by atoms with Gasteiger partial charge in [0.25, 0.3) is 0 Å². The highest BCUT2D eigenvalue weighted by molar-refractivity contribution is 9.10. The molecular formula is C19H22BrNO2. The van der Waals surface area contributed by atoms with Crippen molar-refractivity contribution in [3.8, 4) is 0 Å². The van der Waals surface area contributed by atoms with Crippen LogP contribution >= 0.6 is 15.9 Å². The van der Waals surface area contributed by atoms with Crippen molar-refractivity contribution in [3.63, 3.8) is 0 Å². The van der Waals surface area contributed by atoms with E-state index in [4.69, 9.17) is 0 Å². The maximum absolute atomic E-state index is 13.6. The summed E-state index contributed by atoms with van der Waals surface area (Å²) in [6, 6.07) is 8.12. The predicted octanol–water partition coefficient (Wildman–Crippen LogP) is 3.73. The van der Waals surface area contributed by atoms with Crippen molar-refractivity contribution in [1.29, 1.82) is 0 Å². The Morgan fingerprint density at radius 1 is 1.22 bits per heavy atom. The lowest BCUT2D eigenvalue weighted by molar-refractivity contribution is -0.133. The molecule has 1 amide bonds. The molecule has 2 aliphatic carbocycles. The summed E-state index contributed by atoms with van der Waals surface area (Å²) in [6.45, 7) is 6.99. The Morgan fingerprint density at radius 3 is 2.57 bits per heavy atom. The summed E-state index contributed by atoms with van der Waals surface area (Å²) in [5.74, 6) is 0.332. The first-order valence-corrected chi connectivity index (χ1v) is 9.27. The van der Waals surface area contributed by atoms with E-state index in [-0.39, 0.29) is 21.9 Å². The molecule has 0 radical (unpaired) electrons. The van der Waals surface area contributed by atoms with E-state index < -0.39 is 10.8 Å². The van der Waals surface area contributed by atoms with Gasteiger partial charge < -0.3 is 4.90 Å². The minimum absolute atomic E-state index is 0.129. The fourth-order valence-electron chi connectivity index (χ4n) is 5.22. The summed E-state index contributed by atoms with van der Waals surface area (Å²) < 4.78 is 0. The Morgan fingerprint density at radius 2 is 1.91 bits per heavy atom. The van der Waals surface area contributed by atoms with Crippen LogP contribution in [0, 0.1) is 16.2 Å². The van der Waals surface area contributed by atoms with Crippen molar-refractivity contribution in [2.45, 2.75) is 44.9 Å². The summed E-state index contributed by atoms with van der Waals surface area (Å²) in [6.07, 6.45) is 2.49. The Hall–Kier alpha value is -1.16. The molecule has 2 saturated carbocycles. The zero-order chi connectivity index (χ0) is 16.6. The molecule has 1 aromatic carbocycles. The minimum atomic E-state index is -0.629. The molecule has 0 unspecified atom stereocenters. The van der Waals surface area contributed by atoms with Crippen LogP contribution in [0.5, 0.6) is 0 Å². The topological polar surface area (TPSA) is 37.4 Å². The molecule has 122 valence electrons. The quantitative estimate of drug-likeness (QED) is 0.701. The molecule has 3 atom stereocenters. The molecule has 0 spiro atoms. The molecule has 2 bridgehead atoms. The molecular weight excluding hydrogens is 354 g/mol. The fraction of sp³-hybridized carbons (Fsp3) is 0.579. The second kappa shape index (κ2) is 4.47. The number of Topliss-reactive ketones (excluding diaryl/α,β-unsaturated/α-hetero) is 1. The minimum Gasteiger partial charge on any atom is -0.311 e. The van der Waals surface area contributed by atoms with Gasteiger partial charge in [0.2, 0.25) is 5.91 Å². The van der Waals surface area contributed by atoms with Gasteiger partial charge in [0.05, 0.1) is 10.2 Å². The second-order valence-corrected chi connectivity index (χ2v) is 8.91.